The second-order valence-corrected chi connectivity index (χ2v) is 3.38. The van der Waals surface area contributed by atoms with Crippen LogP contribution in [0.2, 0.25) is 0 Å². The van der Waals surface area contributed by atoms with E-state index in [1.165, 1.54) is 0 Å². The minimum Gasteiger partial charge on any atom is -0.391 e. The fraction of sp³-hybridized carbons (Fsp3) is 0.375. The number of nitrogens with zero attached hydrogens (tertiary/aromatic N) is 1. The molecule has 1 heterocycles. The zero-order chi connectivity index (χ0) is 8.97. The molecule has 0 spiro atoms. The molecule has 0 aliphatic carbocycles. The van der Waals surface area contributed by atoms with Crippen molar-refractivity contribution in [3.05, 3.63) is 28.5 Å². The summed E-state index contributed by atoms with van der Waals surface area (Å²) in [6, 6.07) is 3.73. The van der Waals surface area contributed by atoms with E-state index in [2.05, 4.69) is 20.9 Å². The Kier molecular flexibility index (Phi) is 3.65. The van der Waals surface area contributed by atoms with Gasteiger partial charge in [0.05, 0.1) is 11.8 Å². The van der Waals surface area contributed by atoms with Crippen LogP contribution in [0.1, 0.15) is 5.69 Å². The maximum atomic E-state index is 9.25. The molecule has 3 N–H and O–H groups in total. The van der Waals surface area contributed by atoms with Gasteiger partial charge in [-0.15, -0.1) is 0 Å². The topological polar surface area (TPSA) is 59.1 Å². The Morgan fingerprint density at radius 3 is 3.00 bits per heavy atom. The SMILES string of the molecule is NCC(O)Cc1ncccc1Br. The first-order valence-electron chi connectivity index (χ1n) is 3.71. The molecular weight excluding hydrogens is 220 g/mol. The lowest BCUT2D eigenvalue weighted by Crippen LogP contribution is -2.22. The summed E-state index contributed by atoms with van der Waals surface area (Å²) < 4.78 is 0.914. The number of aromatic nitrogens is 1. The highest BCUT2D eigenvalue weighted by molar-refractivity contribution is 9.10. The van der Waals surface area contributed by atoms with E-state index < -0.39 is 6.10 Å². The predicted octanol–water partition coefficient (Wildman–Crippen LogP) is 0.706. The van der Waals surface area contributed by atoms with Crippen LogP contribution in [0.5, 0.6) is 0 Å². The number of halogens is 1. The molecule has 0 bridgehead atoms. The van der Waals surface area contributed by atoms with E-state index in [1.54, 1.807) is 6.20 Å². The molecule has 0 fully saturated rings. The molecule has 0 saturated carbocycles. The number of pyridine rings is 1. The molecule has 66 valence electrons. The van der Waals surface area contributed by atoms with E-state index in [0.29, 0.717) is 6.42 Å². The Bertz CT molecular complexity index is 255. The molecule has 0 aromatic carbocycles. The van der Waals surface area contributed by atoms with Gasteiger partial charge in [-0.1, -0.05) is 0 Å². The average molecular weight is 231 g/mol. The molecule has 1 rings (SSSR count). The van der Waals surface area contributed by atoms with Gasteiger partial charge in [-0.25, -0.2) is 0 Å². The summed E-state index contributed by atoms with van der Waals surface area (Å²) in [4.78, 5) is 4.10. The van der Waals surface area contributed by atoms with Crippen LogP contribution in [0.25, 0.3) is 0 Å². The van der Waals surface area contributed by atoms with Gasteiger partial charge in [0.2, 0.25) is 0 Å². The minimum absolute atomic E-state index is 0.267. The Hall–Kier alpha value is -0.450. The molecular formula is C8H11BrN2O. The van der Waals surface area contributed by atoms with Gasteiger partial charge >= 0.3 is 0 Å². The predicted molar refractivity (Wildman–Crippen MR) is 50.7 cm³/mol. The standard InChI is InChI=1S/C8H11BrN2O/c9-7-2-1-3-11-8(7)4-6(12)5-10/h1-3,6,12H,4-5,10H2. The Morgan fingerprint density at radius 2 is 2.42 bits per heavy atom. The van der Waals surface area contributed by atoms with Crippen molar-refractivity contribution < 1.29 is 5.11 Å². The lowest BCUT2D eigenvalue weighted by atomic mass is 10.2. The normalized spacial score (nSPS) is 12.9. The second-order valence-electron chi connectivity index (χ2n) is 2.53. The number of aliphatic hydroxyl groups is 1. The zero-order valence-corrected chi connectivity index (χ0v) is 8.16. The van der Waals surface area contributed by atoms with Gasteiger partial charge < -0.3 is 10.8 Å². The summed E-state index contributed by atoms with van der Waals surface area (Å²) >= 11 is 3.34. The van der Waals surface area contributed by atoms with Crippen LogP contribution in [0.3, 0.4) is 0 Å². The summed E-state index contributed by atoms with van der Waals surface area (Å²) in [7, 11) is 0. The third kappa shape index (κ3) is 2.55. The largest absolute Gasteiger partial charge is 0.391 e. The lowest BCUT2D eigenvalue weighted by Gasteiger charge is -2.07. The van der Waals surface area contributed by atoms with E-state index in [0.717, 1.165) is 10.2 Å². The summed E-state index contributed by atoms with van der Waals surface area (Å²) in [5.74, 6) is 0. The fourth-order valence-electron chi connectivity index (χ4n) is 0.875. The van der Waals surface area contributed by atoms with Gasteiger partial charge in [0.15, 0.2) is 0 Å². The molecule has 0 aliphatic rings. The number of nitrogens with two attached hydrogens (primary N) is 1. The fourth-order valence-corrected chi connectivity index (χ4v) is 1.29. The first-order valence-corrected chi connectivity index (χ1v) is 4.51. The molecule has 0 aliphatic heterocycles. The van der Waals surface area contributed by atoms with Crippen LogP contribution >= 0.6 is 15.9 Å². The van der Waals surface area contributed by atoms with Crippen molar-refractivity contribution in [2.45, 2.75) is 12.5 Å². The highest BCUT2D eigenvalue weighted by atomic mass is 79.9. The third-order valence-corrected chi connectivity index (χ3v) is 2.26. The van der Waals surface area contributed by atoms with Crippen molar-refractivity contribution in [3.63, 3.8) is 0 Å². The Balaban J connectivity index is 2.69. The number of hydrogen-bond donors (Lipinski definition) is 2. The summed E-state index contributed by atoms with van der Waals surface area (Å²) in [6.45, 7) is 0.267. The number of hydrogen-bond acceptors (Lipinski definition) is 3. The number of aliphatic hydroxyl groups excluding tert-OH is 1. The van der Waals surface area contributed by atoms with Crippen molar-refractivity contribution in [3.8, 4) is 0 Å². The number of rotatable bonds is 3. The molecule has 1 aromatic heterocycles. The highest BCUT2D eigenvalue weighted by Gasteiger charge is 2.06. The zero-order valence-electron chi connectivity index (χ0n) is 6.57. The van der Waals surface area contributed by atoms with Crippen molar-refractivity contribution in [1.82, 2.24) is 4.98 Å². The first kappa shape index (κ1) is 9.64. The molecule has 4 heteroatoms. The monoisotopic (exact) mass is 230 g/mol. The smallest absolute Gasteiger partial charge is 0.0718 e. The molecule has 1 atom stereocenters. The van der Waals surface area contributed by atoms with Crippen LogP contribution in [0.15, 0.2) is 22.8 Å². The van der Waals surface area contributed by atoms with Crippen molar-refractivity contribution >= 4 is 15.9 Å². The van der Waals surface area contributed by atoms with E-state index in [-0.39, 0.29) is 6.54 Å². The molecule has 0 saturated heterocycles. The molecule has 0 radical (unpaired) electrons. The van der Waals surface area contributed by atoms with E-state index in [9.17, 15) is 5.11 Å². The van der Waals surface area contributed by atoms with Gasteiger partial charge in [0.1, 0.15) is 0 Å². The van der Waals surface area contributed by atoms with Gasteiger partial charge in [-0.3, -0.25) is 4.98 Å². The van der Waals surface area contributed by atoms with E-state index in [4.69, 9.17) is 5.73 Å². The van der Waals surface area contributed by atoms with E-state index >= 15 is 0 Å². The molecule has 0 amide bonds. The molecule has 3 nitrogen and oxygen atoms in total. The van der Waals surface area contributed by atoms with Gasteiger partial charge in [-0.05, 0) is 28.1 Å². The molecule has 1 aromatic rings. The maximum Gasteiger partial charge on any atom is 0.0718 e. The highest BCUT2D eigenvalue weighted by Crippen LogP contribution is 2.14. The van der Waals surface area contributed by atoms with Crippen LogP contribution in [0, 0.1) is 0 Å². The maximum absolute atomic E-state index is 9.25. The van der Waals surface area contributed by atoms with Crippen molar-refractivity contribution in [2.24, 2.45) is 5.73 Å². The minimum atomic E-state index is -0.504. The first-order chi connectivity index (χ1) is 5.74. The molecule has 1 unspecified atom stereocenters. The van der Waals surface area contributed by atoms with Crippen LogP contribution in [-0.4, -0.2) is 22.7 Å². The van der Waals surface area contributed by atoms with Crippen molar-refractivity contribution in [2.75, 3.05) is 6.54 Å². The lowest BCUT2D eigenvalue weighted by molar-refractivity contribution is 0.182. The summed E-state index contributed by atoms with van der Waals surface area (Å²) in [5.41, 5.74) is 6.12. The van der Waals surface area contributed by atoms with Crippen LogP contribution in [-0.2, 0) is 6.42 Å². The average Bonchev–Trinajstić information content (AvgIpc) is 2.09. The summed E-state index contributed by atoms with van der Waals surface area (Å²) in [6.07, 6.45) is 1.69. The third-order valence-electron chi connectivity index (χ3n) is 1.54. The molecule has 12 heavy (non-hydrogen) atoms. The van der Waals surface area contributed by atoms with Crippen molar-refractivity contribution in [1.29, 1.82) is 0 Å². The second kappa shape index (κ2) is 4.54. The van der Waals surface area contributed by atoms with Crippen LogP contribution in [0.4, 0.5) is 0 Å². The van der Waals surface area contributed by atoms with E-state index in [1.807, 2.05) is 12.1 Å². The van der Waals surface area contributed by atoms with Crippen LogP contribution < -0.4 is 5.73 Å². The Morgan fingerprint density at radius 1 is 1.67 bits per heavy atom. The van der Waals surface area contributed by atoms with Gasteiger partial charge in [0, 0.05) is 23.6 Å². The van der Waals surface area contributed by atoms with Gasteiger partial charge in [-0.2, -0.15) is 0 Å². The summed E-state index contributed by atoms with van der Waals surface area (Å²) in [5, 5.41) is 9.25. The quantitative estimate of drug-likeness (QED) is 0.805. The Labute approximate surface area is 79.7 Å². The van der Waals surface area contributed by atoms with Gasteiger partial charge in [0.25, 0.3) is 0 Å².